The molecule has 8 aliphatic rings. The molecule has 26 atom stereocenters. The zero-order valence-electron chi connectivity index (χ0n) is 37.0. The third-order valence-electron chi connectivity index (χ3n) is 17.4. The van der Waals surface area contributed by atoms with Gasteiger partial charge < -0.3 is 84.2 Å². The van der Waals surface area contributed by atoms with Crippen LogP contribution in [-0.2, 0) is 33.2 Å². The number of hydrogen-bond acceptors (Lipinski definition) is 17. The molecule has 0 aromatic carbocycles. The summed E-state index contributed by atoms with van der Waals surface area (Å²) in [5, 5.41) is 107. The van der Waals surface area contributed by atoms with Crippen molar-refractivity contribution in [2.24, 2.45) is 46.3 Å². The summed E-state index contributed by atoms with van der Waals surface area (Å²) >= 11 is 0. The van der Waals surface area contributed by atoms with Crippen molar-refractivity contribution in [3.05, 3.63) is 11.6 Å². The van der Waals surface area contributed by atoms with Crippen molar-refractivity contribution >= 4 is 0 Å². The number of aliphatic hydroxyl groups excluding tert-OH is 9. The molecule has 10 N–H and O–H groups in total. The zero-order valence-corrected chi connectivity index (χ0v) is 37.0. The SMILES string of the molecule is C[C@@H](CO)CC[C@@]1(O)O[C@H]2C[C@H]3[C@@H]4CC=C5C[C@@H](O[C@@H]6O[C@H](CO)[C@@H](O[C@@H]7O[C@@H](C)[C@H](O)[C@@H](O)[C@H]7O)[C@H](O)[C@H]6O[C@@H]6O[C@@H](C)[C@H](O)[C@@H](O)[C@H]6O)CC[C@]5(C)[C@H]4CC[C@]3(C)[C@H]2[C@@H]1C. The van der Waals surface area contributed by atoms with Gasteiger partial charge in [0.15, 0.2) is 24.7 Å². The first-order valence-electron chi connectivity index (χ1n) is 23.3. The highest BCUT2D eigenvalue weighted by Gasteiger charge is 2.68. The Morgan fingerprint density at radius 3 is 1.98 bits per heavy atom. The van der Waals surface area contributed by atoms with E-state index >= 15 is 0 Å². The van der Waals surface area contributed by atoms with E-state index in [1.165, 1.54) is 19.4 Å². The summed E-state index contributed by atoms with van der Waals surface area (Å²) in [6.07, 6.45) is -12.4. The second kappa shape index (κ2) is 17.9. The summed E-state index contributed by atoms with van der Waals surface area (Å²) in [6.45, 7) is 11.4. The first-order chi connectivity index (χ1) is 29.3. The van der Waals surface area contributed by atoms with E-state index in [1.54, 1.807) is 0 Å². The molecule has 4 aliphatic carbocycles. The molecule has 356 valence electrons. The maximum atomic E-state index is 12.0. The Balaban J connectivity index is 0.982. The Hall–Kier alpha value is -0.940. The normalized spacial score (nSPS) is 55.7. The van der Waals surface area contributed by atoms with Gasteiger partial charge in [-0.3, -0.25) is 0 Å². The Bertz CT molecular complexity index is 1590. The Morgan fingerprint density at radius 1 is 0.742 bits per heavy atom. The van der Waals surface area contributed by atoms with Crippen molar-refractivity contribution < 1.29 is 84.2 Å². The number of aliphatic hydroxyl groups is 10. The third kappa shape index (κ3) is 8.07. The second-order valence-electron chi connectivity index (χ2n) is 21.0. The minimum atomic E-state index is -1.72. The molecule has 17 nitrogen and oxygen atoms in total. The summed E-state index contributed by atoms with van der Waals surface area (Å²) in [4.78, 5) is 0. The van der Waals surface area contributed by atoms with E-state index in [2.05, 4.69) is 26.8 Å². The lowest BCUT2D eigenvalue weighted by Gasteiger charge is -2.58. The van der Waals surface area contributed by atoms with E-state index < -0.39 is 111 Å². The molecule has 0 bridgehead atoms. The van der Waals surface area contributed by atoms with Crippen LogP contribution in [0, 0.1) is 46.3 Å². The highest BCUT2D eigenvalue weighted by molar-refractivity contribution is 5.26. The van der Waals surface area contributed by atoms with Gasteiger partial charge in [-0.05, 0) is 106 Å². The average Bonchev–Trinajstić information content (AvgIpc) is 3.68. The molecular weight excluding hydrogens is 812 g/mol. The van der Waals surface area contributed by atoms with Gasteiger partial charge in [0.1, 0.15) is 61.0 Å². The molecule has 0 unspecified atom stereocenters. The highest BCUT2D eigenvalue weighted by Crippen LogP contribution is 2.70. The van der Waals surface area contributed by atoms with Crippen molar-refractivity contribution in [2.45, 2.75) is 209 Å². The molecule has 0 radical (unpaired) electrons. The smallest absolute Gasteiger partial charge is 0.187 e. The van der Waals surface area contributed by atoms with Gasteiger partial charge in [0, 0.05) is 18.9 Å². The van der Waals surface area contributed by atoms with Crippen LogP contribution in [0.15, 0.2) is 11.6 Å². The molecule has 0 aromatic rings. The number of ether oxygens (including phenoxy) is 7. The molecular formula is C45H74O17. The van der Waals surface area contributed by atoms with Crippen molar-refractivity contribution in [2.75, 3.05) is 13.2 Å². The van der Waals surface area contributed by atoms with Crippen LogP contribution in [0.5, 0.6) is 0 Å². The lowest BCUT2D eigenvalue weighted by Crippen LogP contribution is -2.66. The molecule has 0 aromatic heterocycles. The number of fused-ring (bicyclic) bond motifs is 7. The maximum absolute atomic E-state index is 12.0. The van der Waals surface area contributed by atoms with Crippen molar-refractivity contribution in [3.8, 4) is 0 Å². The molecule has 4 aliphatic heterocycles. The largest absolute Gasteiger partial charge is 0.396 e. The predicted octanol–water partition coefficient (Wildman–Crippen LogP) is 0.196. The van der Waals surface area contributed by atoms with E-state index in [1.807, 2.05) is 6.92 Å². The molecule has 4 saturated heterocycles. The van der Waals surface area contributed by atoms with Crippen LogP contribution in [0.3, 0.4) is 0 Å². The van der Waals surface area contributed by atoms with E-state index in [0.29, 0.717) is 43.4 Å². The van der Waals surface area contributed by atoms with E-state index in [0.717, 1.165) is 32.1 Å². The molecule has 4 heterocycles. The Labute approximate surface area is 364 Å². The standard InChI is InChI=1S/C45H74O17/c1-19(17-46)9-14-45(55)20(2)30-28(62-45)16-27-25-8-7-23-15-24(10-12-43(23,5)26(25)11-13-44(27,30)6)58-42-39(61-41-36(53)34(51)32(49)22(4)57-41)37(54)38(29(18-47)59-42)60-40-35(52)33(50)31(48)21(3)56-40/h7,19-22,24-42,46-55H,8-18H2,1-6H3/t19-,20+,21+,22+,24+,25-,26+,27+,28+,29-,30+,31+,32+,33-,34-,35-,36-,37+,38-,39-,40+,41+,42-,43+,44+,45-/m1/s1. The van der Waals surface area contributed by atoms with Gasteiger partial charge in [-0.2, -0.15) is 0 Å². The minimum Gasteiger partial charge on any atom is -0.396 e. The van der Waals surface area contributed by atoms with Gasteiger partial charge >= 0.3 is 0 Å². The molecule has 0 spiro atoms. The number of allylic oxidation sites excluding steroid dienone is 1. The molecule has 0 amide bonds. The lowest BCUT2D eigenvalue weighted by molar-refractivity contribution is -0.388. The lowest BCUT2D eigenvalue weighted by atomic mass is 9.47. The predicted molar refractivity (Wildman–Crippen MR) is 216 cm³/mol. The molecule has 3 saturated carbocycles. The zero-order chi connectivity index (χ0) is 44.8. The summed E-state index contributed by atoms with van der Waals surface area (Å²) in [7, 11) is 0. The van der Waals surface area contributed by atoms with Gasteiger partial charge in [0.25, 0.3) is 0 Å². The molecule has 62 heavy (non-hydrogen) atoms. The Morgan fingerprint density at radius 2 is 1.37 bits per heavy atom. The van der Waals surface area contributed by atoms with Crippen LogP contribution in [0.2, 0.25) is 0 Å². The topological polar surface area (TPSA) is 267 Å². The molecule has 8 rings (SSSR count). The van der Waals surface area contributed by atoms with Gasteiger partial charge in [-0.15, -0.1) is 0 Å². The number of hydrogen-bond donors (Lipinski definition) is 10. The fraction of sp³-hybridized carbons (Fsp3) is 0.956. The quantitative estimate of drug-likeness (QED) is 0.124. The highest BCUT2D eigenvalue weighted by atomic mass is 16.8. The summed E-state index contributed by atoms with van der Waals surface area (Å²) in [6, 6.07) is 0. The minimum absolute atomic E-state index is 0.00392. The first kappa shape index (κ1) is 47.5. The maximum Gasteiger partial charge on any atom is 0.187 e. The number of rotatable bonds is 11. The van der Waals surface area contributed by atoms with Gasteiger partial charge in [-0.1, -0.05) is 39.3 Å². The van der Waals surface area contributed by atoms with Crippen molar-refractivity contribution in [1.82, 2.24) is 0 Å². The second-order valence-corrected chi connectivity index (χ2v) is 21.0. The van der Waals surface area contributed by atoms with E-state index in [4.69, 9.17) is 33.2 Å². The first-order valence-corrected chi connectivity index (χ1v) is 23.3. The summed E-state index contributed by atoms with van der Waals surface area (Å²) < 4.78 is 43.1. The van der Waals surface area contributed by atoms with Gasteiger partial charge in [-0.25, -0.2) is 0 Å². The van der Waals surface area contributed by atoms with Crippen LogP contribution in [0.1, 0.15) is 99.3 Å². The average molecular weight is 887 g/mol. The van der Waals surface area contributed by atoms with Crippen LogP contribution in [0.4, 0.5) is 0 Å². The monoisotopic (exact) mass is 886 g/mol. The summed E-state index contributed by atoms with van der Waals surface area (Å²) in [5.74, 6) is 0.570. The summed E-state index contributed by atoms with van der Waals surface area (Å²) in [5.41, 5.74) is 1.27. The van der Waals surface area contributed by atoms with E-state index in [9.17, 15) is 51.1 Å². The van der Waals surface area contributed by atoms with Gasteiger partial charge in [0.2, 0.25) is 0 Å². The van der Waals surface area contributed by atoms with Crippen LogP contribution in [0.25, 0.3) is 0 Å². The molecule has 7 fully saturated rings. The fourth-order valence-electron chi connectivity index (χ4n) is 13.5. The van der Waals surface area contributed by atoms with Crippen LogP contribution < -0.4 is 0 Å². The van der Waals surface area contributed by atoms with E-state index in [-0.39, 0.29) is 41.3 Å². The fourth-order valence-corrected chi connectivity index (χ4v) is 13.5. The Kier molecular flexibility index (Phi) is 13.8. The van der Waals surface area contributed by atoms with Crippen LogP contribution >= 0.6 is 0 Å². The van der Waals surface area contributed by atoms with Crippen molar-refractivity contribution in [3.63, 3.8) is 0 Å². The van der Waals surface area contributed by atoms with Gasteiger partial charge in [0.05, 0.1) is 31.0 Å². The molecule has 17 heteroatoms. The van der Waals surface area contributed by atoms with Crippen LogP contribution in [-0.4, -0.2) is 174 Å². The third-order valence-corrected chi connectivity index (χ3v) is 17.4. The van der Waals surface area contributed by atoms with Crippen molar-refractivity contribution in [1.29, 1.82) is 0 Å².